The van der Waals surface area contributed by atoms with Crippen LogP contribution in [0.1, 0.15) is 45.8 Å². The summed E-state index contributed by atoms with van der Waals surface area (Å²) < 4.78 is 5.48. The number of phenols is 4. The third-order valence-corrected chi connectivity index (χ3v) is 3.97. The molecule has 2 aromatic carbocycles. The summed E-state index contributed by atoms with van der Waals surface area (Å²) in [7, 11) is 0. The molecule has 154 valence electrons. The first kappa shape index (κ1) is 23.4. The van der Waals surface area contributed by atoms with Crippen molar-refractivity contribution >= 4 is 16.7 Å². The topological polar surface area (TPSA) is 107 Å². The van der Waals surface area contributed by atoms with Gasteiger partial charge >= 0.3 is 5.97 Å². The molecule has 6 nitrogen and oxygen atoms in total. The van der Waals surface area contributed by atoms with Crippen LogP contribution >= 0.6 is 0 Å². The molecule has 0 aliphatic heterocycles. The molecule has 0 radical (unpaired) electrons. The average molecular weight is 431 g/mol. The van der Waals surface area contributed by atoms with Crippen molar-refractivity contribution in [2.75, 3.05) is 0 Å². The molecule has 7 heteroatoms. The van der Waals surface area contributed by atoms with Gasteiger partial charge in [0.25, 0.3) is 0 Å². The molecule has 0 aliphatic rings. The zero-order valence-electron chi connectivity index (χ0n) is 16.1. The molecular formula is C21H24NiO6. The summed E-state index contributed by atoms with van der Waals surface area (Å²) in [5.74, 6) is -1.89. The number of benzene rings is 2. The molecule has 1 unspecified atom stereocenters. The van der Waals surface area contributed by atoms with E-state index in [4.69, 9.17) is 4.74 Å². The Labute approximate surface area is 173 Å². The number of carbonyl (C=O) groups is 1. The minimum Gasteiger partial charge on any atom is -0.507 e. The second kappa shape index (κ2) is 9.51. The zero-order valence-corrected chi connectivity index (χ0v) is 17.1. The number of rotatable bonds is 5. The van der Waals surface area contributed by atoms with Crippen LogP contribution in [0.5, 0.6) is 23.0 Å². The van der Waals surface area contributed by atoms with Crippen molar-refractivity contribution in [3.05, 3.63) is 47.1 Å². The van der Waals surface area contributed by atoms with Crippen molar-refractivity contribution in [3.63, 3.8) is 0 Å². The van der Waals surface area contributed by atoms with Crippen molar-refractivity contribution in [2.24, 2.45) is 0 Å². The molecule has 4 N–H and O–H groups in total. The predicted molar refractivity (Wildman–Crippen MR) is 103 cm³/mol. The van der Waals surface area contributed by atoms with Crippen LogP contribution in [0, 0.1) is 0 Å². The minimum atomic E-state index is -0.889. The van der Waals surface area contributed by atoms with E-state index in [0.29, 0.717) is 0 Å². The Morgan fingerprint density at radius 3 is 2.07 bits per heavy atom. The van der Waals surface area contributed by atoms with Gasteiger partial charge in [-0.15, -0.1) is 0 Å². The van der Waals surface area contributed by atoms with Crippen molar-refractivity contribution in [2.45, 2.75) is 40.2 Å². The van der Waals surface area contributed by atoms with Crippen molar-refractivity contribution in [1.82, 2.24) is 0 Å². The molecule has 2 rings (SSSR count). The monoisotopic (exact) mass is 430 g/mol. The Morgan fingerprint density at radius 2 is 1.54 bits per heavy atom. The number of carbonyl (C=O) groups excluding carboxylic acids is 1. The largest absolute Gasteiger partial charge is 0.507 e. The van der Waals surface area contributed by atoms with Gasteiger partial charge in [0.05, 0.1) is 10.8 Å². The van der Waals surface area contributed by atoms with E-state index in [1.54, 1.807) is 13.8 Å². The quantitative estimate of drug-likeness (QED) is 0.182. The van der Waals surface area contributed by atoms with E-state index in [1.165, 1.54) is 24.3 Å². The molecule has 2 aromatic rings. The Kier molecular flexibility index (Phi) is 7.94. The first-order valence-electron chi connectivity index (χ1n) is 8.50. The van der Waals surface area contributed by atoms with E-state index in [1.807, 2.05) is 19.9 Å². The maximum Gasteiger partial charge on any atom is 0.331 e. The summed E-state index contributed by atoms with van der Waals surface area (Å²) >= 11 is 0. The van der Waals surface area contributed by atoms with E-state index in [9.17, 15) is 25.2 Å². The molecule has 0 heterocycles. The maximum absolute atomic E-state index is 12.1. The van der Waals surface area contributed by atoms with Crippen LogP contribution in [-0.2, 0) is 26.0 Å². The molecule has 0 saturated heterocycles. The fourth-order valence-corrected chi connectivity index (χ4v) is 2.75. The van der Waals surface area contributed by atoms with Gasteiger partial charge in [-0.3, -0.25) is 0 Å². The molecule has 0 amide bonds. The number of allylic oxidation sites excluding steroid dienone is 2. The normalized spacial score (nSPS) is 11.3. The Bertz CT molecular complexity index is 938. The SMILES string of the molecule is CC(C)=CCC(OC(=O)C=C(C)C)c1cc(O)c2c(O)ccc(O)c2c1O.[Ni]. The summed E-state index contributed by atoms with van der Waals surface area (Å²) in [6.07, 6.45) is 2.54. The van der Waals surface area contributed by atoms with Gasteiger partial charge in [-0.1, -0.05) is 17.2 Å². The van der Waals surface area contributed by atoms with Crippen LogP contribution in [0.4, 0.5) is 0 Å². The third-order valence-electron chi connectivity index (χ3n) is 3.97. The minimum absolute atomic E-state index is 0. The molecule has 0 saturated carbocycles. The molecule has 0 fully saturated rings. The number of hydrogen-bond acceptors (Lipinski definition) is 6. The van der Waals surface area contributed by atoms with Gasteiger partial charge in [-0.2, -0.15) is 0 Å². The van der Waals surface area contributed by atoms with Crippen molar-refractivity contribution in [1.29, 1.82) is 0 Å². The van der Waals surface area contributed by atoms with Gasteiger partial charge in [0.1, 0.15) is 29.1 Å². The van der Waals surface area contributed by atoms with E-state index in [0.717, 1.165) is 11.1 Å². The molecule has 0 aromatic heterocycles. The molecule has 0 spiro atoms. The number of fused-ring (bicyclic) bond motifs is 1. The number of esters is 1. The van der Waals surface area contributed by atoms with E-state index < -0.39 is 12.1 Å². The summed E-state index contributed by atoms with van der Waals surface area (Å²) in [4.78, 5) is 12.1. The van der Waals surface area contributed by atoms with Gasteiger partial charge in [0.15, 0.2) is 0 Å². The van der Waals surface area contributed by atoms with Gasteiger partial charge in [0.2, 0.25) is 0 Å². The fraction of sp³-hybridized carbons (Fsp3) is 0.286. The second-order valence-corrected chi connectivity index (χ2v) is 6.85. The fourth-order valence-electron chi connectivity index (χ4n) is 2.75. The average Bonchev–Trinajstić information content (AvgIpc) is 2.56. The van der Waals surface area contributed by atoms with Crippen LogP contribution < -0.4 is 0 Å². The Balaban J connectivity index is 0.00000392. The smallest absolute Gasteiger partial charge is 0.331 e. The van der Waals surface area contributed by atoms with E-state index in [2.05, 4.69) is 0 Å². The van der Waals surface area contributed by atoms with Gasteiger partial charge in [-0.05, 0) is 45.9 Å². The Hall–Kier alpha value is -2.66. The third kappa shape index (κ3) is 5.20. The van der Waals surface area contributed by atoms with Crippen LogP contribution in [0.15, 0.2) is 41.5 Å². The molecule has 1 atom stereocenters. The van der Waals surface area contributed by atoms with Crippen molar-refractivity contribution < 1.29 is 46.4 Å². The number of ether oxygens (including phenoxy) is 1. The number of hydrogen-bond donors (Lipinski definition) is 4. The molecular weight excluding hydrogens is 407 g/mol. The van der Waals surface area contributed by atoms with Crippen molar-refractivity contribution in [3.8, 4) is 23.0 Å². The van der Waals surface area contributed by atoms with Crippen LogP contribution in [-0.4, -0.2) is 26.4 Å². The zero-order chi connectivity index (χ0) is 20.3. The summed E-state index contributed by atoms with van der Waals surface area (Å²) in [5, 5.41) is 40.9. The standard InChI is InChI=1S/C21H24O6.Ni/c1-11(2)5-8-17(27-18(25)9-12(3)4)13-10-16(24)19-14(22)6-7-15(23)20(19)21(13)26;/h5-7,9-10,17,22-24,26H,8H2,1-4H3;. The van der Waals surface area contributed by atoms with Crippen LogP contribution in [0.2, 0.25) is 0 Å². The predicted octanol–water partition coefficient (Wildman–Crippen LogP) is 4.57. The molecule has 0 aliphatic carbocycles. The van der Waals surface area contributed by atoms with Crippen LogP contribution in [0.25, 0.3) is 10.8 Å². The Morgan fingerprint density at radius 1 is 0.964 bits per heavy atom. The summed E-state index contributed by atoms with van der Waals surface area (Å²) in [6.45, 7) is 7.28. The van der Waals surface area contributed by atoms with Crippen LogP contribution in [0.3, 0.4) is 0 Å². The first-order valence-corrected chi connectivity index (χ1v) is 8.50. The van der Waals surface area contributed by atoms with E-state index >= 15 is 0 Å². The second-order valence-electron chi connectivity index (χ2n) is 6.85. The summed E-state index contributed by atoms with van der Waals surface area (Å²) in [6, 6.07) is 3.66. The summed E-state index contributed by atoms with van der Waals surface area (Å²) in [5.41, 5.74) is 1.88. The number of aromatic hydroxyl groups is 4. The molecule has 28 heavy (non-hydrogen) atoms. The first-order chi connectivity index (χ1) is 12.6. The van der Waals surface area contributed by atoms with E-state index in [-0.39, 0.29) is 62.2 Å². The number of phenolic OH excluding ortho intramolecular Hbond substituents is 4. The molecule has 0 bridgehead atoms. The van der Waals surface area contributed by atoms with Gasteiger partial charge < -0.3 is 25.2 Å². The maximum atomic E-state index is 12.1. The van der Waals surface area contributed by atoms with Gasteiger partial charge in [-0.25, -0.2) is 4.79 Å². The van der Waals surface area contributed by atoms with Gasteiger partial charge in [0, 0.05) is 34.6 Å².